The molecule has 1 aliphatic rings. The molecule has 3 rings (SSSR count). The van der Waals surface area contributed by atoms with Gasteiger partial charge >= 0.3 is 6.03 Å². The van der Waals surface area contributed by atoms with Gasteiger partial charge in [-0.3, -0.25) is 4.84 Å². The van der Waals surface area contributed by atoms with Crippen LogP contribution < -0.4 is 5.48 Å². The molecule has 5 heteroatoms. The lowest BCUT2D eigenvalue weighted by Crippen LogP contribution is -2.44. The zero-order valence-corrected chi connectivity index (χ0v) is 12.7. The third-order valence-electron chi connectivity index (χ3n) is 3.78. The molecule has 4 nitrogen and oxygen atoms in total. The summed E-state index contributed by atoms with van der Waals surface area (Å²) in [5.74, 6) is 0. The van der Waals surface area contributed by atoms with E-state index in [0.29, 0.717) is 6.61 Å². The third-order valence-corrected chi connectivity index (χ3v) is 4.78. The Kier molecular flexibility index (Phi) is 4.22. The number of hydroxylamine groups is 1. The molecule has 0 spiro atoms. The van der Waals surface area contributed by atoms with Crippen molar-refractivity contribution in [2.45, 2.75) is 26.0 Å². The third kappa shape index (κ3) is 3.09. The lowest BCUT2D eigenvalue weighted by molar-refractivity contribution is 0.0316. The van der Waals surface area contributed by atoms with Crippen molar-refractivity contribution >= 4 is 17.4 Å². The highest BCUT2D eigenvalue weighted by Gasteiger charge is 2.28. The van der Waals surface area contributed by atoms with Gasteiger partial charge in [0.15, 0.2) is 0 Å². The molecule has 0 unspecified atom stereocenters. The maximum Gasteiger partial charge on any atom is 0.341 e. The first-order valence-electron chi connectivity index (χ1n) is 7.04. The number of thiophene rings is 1. The Morgan fingerprint density at radius 1 is 1.38 bits per heavy atom. The number of amides is 2. The highest BCUT2D eigenvalue weighted by Crippen LogP contribution is 2.32. The lowest BCUT2D eigenvalue weighted by Gasteiger charge is -2.33. The van der Waals surface area contributed by atoms with E-state index < -0.39 is 0 Å². The van der Waals surface area contributed by atoms with Crippen LogP contribution >= 0.6 is 11.3 Å². The van der Waals surface area contributed by atoms with Crippen molar-refractivity contribution in [2.75, 3.05) is 6.54 Å². The van der Waals surface area contributed by atoms with E-state index in [1.165, 1.54) is 10.4 Å². The first-order valence-corrected chi connectivity index (χ1v) is 7.92. The van der Waals surface area contributed by atoms with Crippen LogP contribution in [-0.4, -0.2) is 17.5 Å². The van der Waals surface area contributed by atoms with Crippen LogP contribution in [0.4, 0.5) is 4.79 Å². The molecule has 110 valence electrons. The number of rotatable bonds is 3. The number of hydrogen-bond acceptors (Lipinski definition) is 3. The second-order valence-corrected chi connectivity index (χ2v) is 6.10. The quantitative estimate of drug-likeness (QED) is 0.882. The van der Waals surface area contributed by atoms with Crippen LogP contribution in [0.3, 0.4) is 0 Å². The van der Waals surface area contributed by atoms with Gasteiger partial charge in [0.2, 0.25) is 0 Å². The molecular weight excluding hydrogens is 284 g/mol. The molecule has 1 aromatic heterocycles. The Bertz CT molecular complexity index is 612. The largest absolute Gasteiger partial charge is 0.341 e. The van der Waals surface area contributed by atoms with E-state index in [0.717, 1.165) is 18.5 Å². The number of fused-ring (bicyclic) bond motifs is 1. The lowest BCUT2D eigenvalue weighted by atomic mass is 10.0. The number of carbonyl (C=O) groups excluding carboxylic acids is 1. The maximum absolute atomic E-state index is 12.2. The summed E-state index contributed by atoms with van der Waals surface area (Å²) in [5, 5.41) is 2.09. The minimum atomic E-state index is -0.171. The normalized spacial score (nSPS) is 17.4. The number of nitrogens with one attached hydrogen (secondary N) is 1. The van der Waals surface area contributed by atoms with Gasteiger partial charge in [0.25, 0.3) is 0 Å². The highest BCUT2D eigenvalue weighted by atomic mass is 32.1. The Hall–Kier alpha value is -1.85. The van der Waals surface area contributed by atoms with Crippen molar-refractivity contribution in [3.05, 3.63) is 57.8 Å². The van der Waals surface area contributed by atoms with Gasteiger partial charge in [-0.2, -0.15) is 0 Å². The van der Waals surface area contributed by atoms with Crippen LogP contribution in [0.1, 0.15) is 29.0 Å². The van der Waals surface area contributed by atoms with Crippen molar-refractivity contribution < 1.29 is 9.63 Å². The summed E-state index contributed by atoms with van der Waals surface area (Å²) in [7, 11) is 0. The fraction of sp³-hybridized carbons (Fsp3) is 0.312. The van der Waals surface area contributed by atoms with Crippen molar-refractivity contribution in [1.82, 2.24) is 10.4 Å². The van der Waals surface area contributed by atoms with Crippen LogP contribution in [0.25, 0.3) is 0 Å². The van der Waals surface area contributed by atoms with Crippen molar-refractivity contribution in [3.8, 4) is 0 Å². The predicted octanol–water partition coefficient (Wildman–Crippen LogP) is 3.51. The van der Waals surface area contributed by atoms with Crippen molar-refractivity contribution in [1.29, 1.82) is 0 Å². The monoisotopic (exact) mass is 302 g/mol. The van der Waals surface area contributed by atoms with E-state index >= 15 is 0 Å². The summed E-state index contributed by atoms with van der Waals surface area (Å²) >= 11 is 1.77. The second kappa shape index (κ2) is 6.28. The topological polar surface area (TPSA) is 41.6 Å². The minimum absolute atomic E-state index is 0.0975. The Morgan fingerprint density at radius 3 is 3.00 bits per heavy atom. The molecule has 0 saturated carbocycles. The molecule has 0 bridgehead atoms. The van der Waals surface area contributed by atoms with Gasteiger partial charge < -0.3 is 4.90 Å². The van der Waals surface area contributed by atoms with Crippen molar-refractivity contribution in [2.24, 2.45) is 0 Å². The summed E-state index contributed by atoms with van der Waals surface area (Å²) < 4.78 is 0. The summed E-state index contributed by atoms with van der Waals surface area (Å²) in [4.78, 5) is 20.7. The first kappa shape index (κ1) is 14.1. The fourth-order valence-electron chi connectivity index (χ4n) is 2.60. The SMILES string of the molecule is C[C@@H]1c2ccsc2CCN1C(=O)NOCc1ccccc1. The minimum Gasteiger partial charge on any atom is -0.316 e. The van der Waals surface area contributed by atoms with E-state index in [-0.39, 0.29) is 12.1 Å². The molecule has 2 heterocycles. The zero-order valence-electron chi connectivity index (χ0n) is 11.9. The molecule has 0 fully saturated rings. The number of hydrogen-bond donors (Lipinski definition) is 1. The number of nitrogens with zero attached hydrogens (tertiary/aromatic N) is 1. The molecule has 2 aromatic rings. The van der Waals surface area contributed by atoms with Crippen LogP contribution in [0.2, 0.25) is 0 Å². The van der Waals surface area contributed by atoms with Gasteiger partial charge in [-0.25, -0.2) is 10.3 Å². The molecule has 2 amide bonds. The maximum atomic E-state index is 12.2. The fourth-order valence-corrected chi connectivity index (χ4v) is 3.56. The smallest absolute Gasteiger partial charge is 0.316 e. The summed E-state index contributed by atoms with van der Waals surface area (Å²) in [6.45, 7) is 3.16. The second-order valence-electron chi connectivity index (χ2n) is 5.10. The van der Waals surface area contributed by atoms with E-state index in [4.69, 9.17) is 4.84 Å². The van der Waals surface area contributed by atoms with Gasteiger partial charge in [0, 0.05) is 11.4 Å². The average Bonchev–Trinajstić information content (AvgIpc) is 2.98. The number of urea groups is 1. The van der Waals surface area contributed by atoms with E-state index in [9.17, 15) is 4.79 Å². The van der Waals surface area contributed by atoms with Gasteiger partial charge in [-0.1, -0.05) is 30.3 Å². The Morgan fingerprint density at radius 2 is 2.19 bits per heavy atom. The van der Waals surface area contributed by atoms with Crippen LogP contribution in [-0.2, 0) is 17.9 Å². The van der Waals surface area contributed by atoms with Gasteiger partial charge in [0.05, 0.1) is 12.6 Å². The molecule has 0 aliphatic carbocycles. The number of benzene rings is 1. The molecule has 1 aromatic carbocycles. The standard InChI is InChI=1S/C16H18N2O2S/c1-12-14-8-10-21-15(14)7-9-18(12)16(19)17-20-11-13-5-3-2-4-6-13/h2-6,8,10,12H,7,9,11H2,1H3,(H,17,19)/t12-/m1/s1. The molecule has 0 radical (unpaired) electrons. The Balaban J connectivity index is 1.54. The molecule has 1 aliphatic heterocycles. The molecule has 21 heavy (non-hydrogen) atoms. The molecule has 1 N–H and O–H groups in total. The average molecular weight is 302 g/mol. The van der Waals surface area contributed by atoms with Gasteiger partial charge in [0.1, 0.15) is 0 Å². The van der Waals surface area contributed by atoms with Gasteiger partial charge in [-0.15, -0.1) is 11.3 Å². The van der Waals surface area contributed by atoms with Crippen LogP contribution in [0.15, 0.2) is 41.8 Å². The van der Waals surface area contributed by atoms with Crippen LogP contribution in [0, 0.1) is 0 Å². The summed E-state index contributed by atoms with van der Waals surface area (Å²) in [6, 6.07) is 11.8. The predicted molar refractivity (Wildman–Crippen MR) is 82.9 cm³/mol. The number of carbonyl (C=O) groups is 1. The zero-order chi connectivity index (χ0) is 14.7. The highest BCUT2D eigenvalue weighted by molar-refractivity contribution is 7.10. The van der Waals surface area contributed by atoms with E-state index in [1.807, 2.05) is 35.2 Å². The molecule has 1 atom stereocenters. The van der Waals surface area contributed by atoms with Gasteiger partial charge in [-0.05, 0) is 35.9 Å². The van der Waals surface area contributed by atoms with E-state index in [2.05, 4.69) is 23.9 Å². The van der Waals surface area contributed by atoms with Crippen LogP contribution in [0.5, 0.6) is 0 Å². The van der Waals surface area contributed by atoms with E-state index in [1.54, 1.807) is 11.3 Å². The summed E-state index contributed by atoms with van der Waals surface area (Å²) in [6.07, 6.45) is 0.920. The Labute approximate surface area is 128 Å². The van der Waals surface area contributed by atoms with Crippen molar-refractivity contribution in [3.63, 3.8) is 0 Å². The molecule has 0 saturated heterocycles. The summed E-state index contributed by atoms with van der Waals surface area (Å²) in [5.41, 5.74) is 4.83. The molecular formula is C16H18N2O2S. The first-order chi connectivity index (χ1) is 10.3.